The fourth-order valence-electron chi connectivity index (χ4n) is 3.47. The molecule has 8 heteroatoms. The highest BCUT2D eigenvalue weighted by molar-refractivity contribution is 7.99. The summed E-state index contributed by atoms with van der Waals surface area (Å²) in [5.41, 5.74) is 7.43. The van der Waals surface area contributed by atoms with Crippen LogP contribution in [0.25, 0.3) is 0 Å². The highest BCUT2D eigenvalue weighted by atomic mass is 32.2. The molecule has 3 N–H and O–H groups in total. The van der Waals surface area contributed by atoms with Crippen LogP contribution in [0.1, 0.15) is 44.1 Å². The largest absolute Gasteiger partial charge is 0.391 e. The minimum Gasteiger partial charge on any atom is -0.391 e. The minimum atomic E-state index is -0.535. The van der Waals surface area contributed by atoms with Gasteiger partial charge in [0, 0.05) is 30.7 Å². The van der Waals surface area contributed by atoms with Crippen molar-refractivity contribution >= 4 is 11.8 Å². The summed E-state index contributed by atoms with van der Waals surface area (Å²) in [4.78, 5) is 4.02. The zero-order chi connectivity index (χ0) is 18.2. The third kappa shape index (κ3) is 5.75. The lowest BCUT2D eigenvalue weighted by atomic mass is 9.84. The van der Waals surface area contributed by atoms with E-state index in [9.17, 15) is 5.11 Å². The summed E-state index contributed by atoms with van der Waals surface area (Å²) >= 11 is 1.47. The second-order valence-electron chi connectivity index (χ2n) is 7.07. The molecular formula is C18H28N6OS. The fraction of sp³-hybridized carbons (Fsp3) is 0.667. The summed E-state index contributed by atoms with van der Waals surface area (Å²) in [7, 11) is 0. The quantitative estimate of drug-likeness (QED) is 0.646. The Morgan fingerprint density at radius 3 is 2.77 bits per heavy atom. The molecule has 0 bridgehead atoms. The molecular weight excluding hydrogens is 348 g/mol. The Labute approximate surface area is 158 Å². The van der Waals surface area contributed by atoms with Crippen LogP contribution in [0.3, 0.4) is 0 Å². The SMILES string of the molecule is NC(CC1CCCCC1)[C@@H](O)CSc1nnnn1CCc1ccncc1. The van der Waals surface area contributed by atoms with E-state index in [1.165, 1.54) is 49.4 Å². The van der Waals surface area contributed by atoms with Crippen molar-refractivity contribution in [2.45, 2.75) is 68.8 Å². The Bertz CT molecular complexity index is 646. The van der Waals surface area contributed by atoms with Gasteiger partial charge in [0.25, 0.3) is 0 Å². The highest BCUT2D eigenvalue weighted by Gasteiger charge is 2.22. The number of nitrogens with zero attached hydrogens (tertiary/aromatic N) is 5. The van der Waals surface area contributed by atoms with Gasteiger partial charge in [0.05, 0.1) is 6.10 Å². The molecule has 142 valence electrons. The zero-order valence-electron chi connectivity index (χ0n) is 15.1. The number of rotatable bonds is 9. The Hall–Kier alpha value is -1.51. The van der Waals surface area contributed by atoms with Crippen molar-refractivity contribution in [1.82, 2.24) is 25.2 Å². The summed E-state index contributed by atoms with van der Waals surface area (Å²) < 4.78 is 1.78. The van der Waals surface area contributed by atoms with Crippen LogP contribution in [0, 0.1) is 5.92 Å². The van der Waals surface area contributed by atoms with Crippen LogP contribution in [0.15, 0.2) is 29.7 Å². The molecule has 1 saturated carbocycles. The smallest absolute Gasteiger partial charge is 0.209 e. The van der Waals surface area contributed by atoms with Crippen LogP contribution in [0.4, 0.5) is 0 Å². The van der Waals surface area contributed by atoms with Crippen molar-refractivity contribution in [3.05, 3.63) is 30.1 Å². The summed E-state index contributed by atoms with van der Waals surface area (Å²) in [6, 6.07) is 3.81. The van der Waals surface area contributed by atoms with Crippen molar-refractivity contribution in [3.63, 3.8) is 0 Å². The lowest BCUT2D eigenvalue weighted by Crippen LogP contribution is -2.38. The molecule has 1 fully saturated rings. The monoisotopic (exact) mass is 376 g/mol. The van der Waals surface area contributed by atoms with E-state index in [1.54, 1.807) is 17.1 Å². The van der Waals surface area contributed by atoms with Gasteiger partial charge in [-0.2, -0.15) is 0 Å². The standard InChI is InChI=1S/C18H28N6OS/c19-16(12-15-4-2-1-3-5-15)17(25)13-26-18-21-22-23-24(18)11-8-14-6-9-20-10-7-14/h6-7,9-10,15-17,25H,1-5,8,11-13,19H2/t16?,17-/m0/s1. The van der Waals surface area contributed by atoms with Crippen molar-refractivity contribution in [2.75, 3.05) is 5.75 Å². The third-order valence-electron chi connectivity index (χ3n) is 5.07. The lowest BCUT2D eigenvalue weighted by Gasteiger charge is -2.26. The first-order chi connectivity index (χ1) is 12.7. The molecule has 1 unspecified atom stereocenters. The van der Waals surface area contributed by atoms with Gasteiger partial charge in [-0.3, -0.25) is 4.98 Å². The van der Waals surface area contributed by atoms with Gasteiger partial charge in [-0.05, 0) is 46.9 Å². The first-order valence-electron chi connectivity index (χ1n) is 9.44. The average molecular weight is 377 g/mol. The maximum absolute atomic E-state index is 10.4. The average Bonchev–Trinajstić information content (AvgIpc) is 3.13. The number of aliphatic hydroxyl groups is 1. The molecule has 3 rings (SSSR count). The molecule has 2 heterocycles. The number of hydrogen-bond donors (Lipinski definition) is 2. The van der Waals surface area contributed by atoms with E-state index < -0.39 is 6.10 Å². The minimum absolute atomic E-state index is 0.174. The predicted octanol–water partition coefficient (Wildman–Crippen LogP) is 2.06. The molecule has 0 amide bonds. The van der Waals surface area contributed by atoms with Crippen molar-refractivity contribution in [1.29, 1.82) is 0 Å². The van der Waals surface area contributed by atoms with Crippen molar-refractivity contribution in [2.24, 2.45) is 11.7 Å². The molecule has 1 aliphatic rings. The summed E-state index contributed by atoms with van der Waals surface area (Å²) in [6.45, 7) is 0.698. The van der Waals surface area contributed by atoms with Gasteiger partial charge in [0.15, 0.2) is 0 Å². The maximum Gasteiger partial charge on any atom is 0.209 e. The van der Waals surface area contributed by atoms with Crippen molar-refractivity contribution in [3.8, 4) is 0 Å². The Morgan fingerprint density at radius 2 is 2.00 bits per heavy atom. The highest BCUT2D eigenvalue weighted by Crippen LogP contribution is 2.28. The van der Waals surface area contributed by atoms with E-state index in [-0.39, 0.29) is 6.04 Å². The number of aliphatic hydroxyl groups excluding tert-OH is 1. The molecule has 0 aliphatic heterocycles. The van der Waals surface area contributed by atoms with E-state index in [0.29, 0.717) is 18.2 Å². The predicted molar refractivity (Wildman–Crippen MR) is 102 cm³/mol. The summed E-state index contributed by atoms with van der Waals surface area (Å²) in [6.07, 6.45) is 11.2. The third-order valence-corrected chi connectivity index (χ3v) is 6.13. The number of aromatic nitrogens is 5. The topological polar surface area (TPSA) is 103 Å². The van der Waals surface area contributed by atoms with Gasteiger partial charge >= 0.3 is 0 Å². The molecule has 26 heavy (non-hydrogen) atoms. The van der Waals surface area contributed by atoms with Gasteiger partial charge in [0.1, 0.15) is 0 Å². The zero-order valence-corrected chi connectivity index (χ0v) is 15.9. The van der Waals surface area contributed by atoms with E-state index in [2.05, 4.69) is 20.5 Å². The first kappa shape index (κ1) is 19.3. The molecule has 7 nitrogen and oxygen atoms in total. The van der Waals surface area contributed by atoms with Crippen LogP contribution < -0.4 is 5.73 Å². The van der Waals surface area contributed by atoms with E-state index in [0.717, 1.165) is 18.0 Å². The first-order valence-corrected chi connectivity index (χ1v) is 10.4. The second-order valence-corrected chi connectivity index (χ2v) is 8.06. The van der Waals surface area contributed by atoms with E-state index in [1.807, 2.05) is 12.1 Å². The van der Waals surface area contributed by atoms with Crippen molar-refractivity contribution < 1.29 is 5.11 Å². The van der Waals surface area contributed by atoms with Crippen LogP contribution in [0.5, 0.6) is 0 Å². The van der Waals surface area contributed by atoms with Gasteiger partial charge < -0.3 is 10.8 Å². The molecule has 0 radical (unpaired) electrons. The van der Waals surface area contributed by atoms with E-state index in [4.69, 9.17) is 5.73 Å². The molecule has 1 aliphatic carbocycles. The maximum atomic E-state index is 10.4. The molecule has 0 spiro atoms. The van der Waals surface area contributed by atoms with Gasteiger partial charge in [-0.1, -0.05) is 43.9 Å². The van der Waals surface area contributed by atoms with Gasteiger partial charge in [-0.25, -0.2) is 4.68 Å². The van der Waals surface area contributed by atoms with Crippen LogP contribution in [-0.4, -0.2) is 48.2 Å². The Morgan fingerprint density at radius 1 is 1.23 bits per heavy atom. The molecule has 2 aromatic heterocycles. The molecule has 2 aromatic rings. The van der Waals surface area contributed by atoms with Crippen LogP contribution in [-0.2, 0) is 13.0 Å². The fourth-order valence-corrected chi connectivity index (χ4v) is 4.41. The number of tetrazole rings is 1. The normalized spacial score (nSPS) is 17.9. The van der Waals surface area contributed by atoms with Gasteiger partial charge in [-0.15, -0.1) is 5.10 Å². The Balaban J connectivity index is 1.44. The Kier molecular flexibility index (Phi) is 7.40. The summed E-state index contributed by atoms with van der Waals surface area (Å²) in [5, 5.41) is 23.0. The number of thioether (sulfide) groups is 1. The number of hydrogen-bond acceptors (Lipinski definition) is 7. The lowest BCUT2D eigenvalue weighted by molar-refractivity contribution is 0.147. The van der Waals surface area contributed by atoms with E-state index >= 15 is 0 Å². The molecule has 0 aromatic carbocycles. The second kappa shape index (κ2) is 9.99. The van der Waals surface area contributed by atoms with Crippen LogP contribution >= 0.6 is 11.8 Å². The number of nitrogens with two attached hydrogens (primary N) is 1. The molecule has 2 atom stereocenters. The number of aryl methyl sites for hydroxylation is 2. The molecule has 0 saturated heterocycles. The van der Waals surface area contributed by atoms with Gasteiger partial charge in [0.2, 0.25) is 5.16 Å². The number of pyridine rings is 1. The van der Waals surface area contributed by atoms with Crippen LogP contribution in [0.2, 0.25) is 0 Å². The summed E-state index contributed by atoms with van der Waals surface area (Å²) in [5.74, 6) is 1.19.